The van der Waals surface area contributed by atoms with E-state index in [-0.39, 0.29) is 11.7 Å². The summed E-state index contributed by atoms with van der Waals surface area (Å²) in [7, 11) is 0. The van der Waals surface area contributed by atoms with Gasteiger partial charge < -0.3 is 5.11 Å². The Balaban J connectivity index is 1.57. The van der Waals surface area contributed by atoms with Gasteiger partial charge in [0.2, 0.25) is 0 Å². The van der Waals surface area contributed by atoms with Crippen molar-refractivity contribution in [3.8, 4) is 0 Å². The molecule has 0 amide bonds. The van der Waals surface area contributed by atoms with Gasteiger partial charge in [0.05, 0.1) is 11.6 Å². The predicted molar refractivity (Wildman–Crippen MR) is 83.2 cm³/mol. The minimum absolute atomic E-state index is 0.0114. The van der Waals surface area contributed by atoms with Crippen LogP contribution in [0.4, 0.5) is 5.69 Å². The lowest BCUT2D eigenvalue weighted by Gasteiger charge is -2.34. The maximum Gasteiger partial charge on any atom is 0.146 e. The monoisotopic (exact) mass is 295 g/mol. The van der Waals surface area contributed by atoms with Crippen LogP contribution in [0, 0.1) is 23.7 Å². The normalized spacial score (nSPS) is 36.0. The first-order valence-electron chi connectivity index (χ1n) is 7.92. The molecule has 0 radical (unpaired) electrons. The lowest BCUT2D eigenvalue weighted by atomic mass is 9.81. The molecule has 2 aliphatic carbocycles. The third-order valence-electron chi connectivity index (χ3n) is 5.21. The molecule has 22 heavy (non-hydrogen) atoms. The molecule has 4 rings (SSSR count). The smallest absolute Gasteiger partial charge is 0.146 e. The molecule has 1 aromatic rings. The molecule has 3 aliphatic rings. The Morgan fingerprint density at radius 1 is 1.23 bits per heavy atom. The standard InChI is InChI=1S/C18H19N2O2/c1-11-16(17(21)15-10-12-7-8-13(15)9-12)18(22)20(19-11)14-5-3-2-4-6-14/h2-8,12-13,15-16,18H,9-10H2,1H3/q-1. The molecule has 114 valence electrons. The molecule has 1 saturated carbocycles. The summed E-state index contributed by atoms with van der Waals surface area (Å²) in [5.74, 6) is 0.364. The lowest BCUT2D eigenvalue weighted by Crippen LogP contribution is -2.49. The maximum absolute atomic E-state index is 12.9. The fourth-order valence-corrected chi connectivity index (χ4v) is 4.11. The van der Waals surface area contributed by atoms with Crippen LogP contribution in [0.15, 0.2) is 47.6 Å². The summed E-state index contributed by atoms with van der Waals surface area (Å²) >= 11 is 0. The molecule has 0 aromatic heterocycles. The Kier molecular flexibility index (Phi) is 3.15. The van der Waals surface area contributed by atoms with Gasteiger partial charge in [0.15, 0.2) is 0 Å². The first kappa shape index (κ1) is 13.7. The second-order valence-corrected chi connectivity index (χ2v) is 6.58. The number of para-hydroxylation sites is 1. The summed E-state index contributed by atoms with van der Waals surface area (Å²) in [5, 5.41) is 18.6. The van der Waals surface area contributed by atoms with Gasteiger partial charge in [-0.3, -0.25) is 9.80 Å². The van der Waals surface area contributed by atoms with Crippen molar-refractivity contribution in [1.29, 1.82) is 0 Å². The van der Waals surface area contributed by atoms with Gasteiger partial charge in [0.25, 0.3) is 0 Å². The Bertz CT molecular complexity index is 652. The molecule has 1 aromatic carbocycles. The molecule has 4 nitrogen and oxygen atoms in total. The number of rotatable bonds is 3. The Morgan fingerprint density at radius 2 is 2.00 bits per heavy atom. The van der Waals surface area contributed by atoms with Crippen LogP contribution in [0.2, 0.25) is 0 Å². The van der Waals surface area contributed by atoms with Crippen molar-refractivity contribution in [1.82, 2.24) is 0 Å². The van der Waals surface area contributed by atoms with E-state index >= 15 is 0 Å². The number of fused-ring (bicyclic) bond motifs is 2. The number of benzene rings is 1. The molecule has 2 bridgehead atoms. The van der Waals surface area contributed by atoms with Gasteiger partial charge >= 0.3 is 0 Å². The largest absolute Gasteiger partial charge is 0.834 e. The minimum Gasteiger partial charge on any atom is -0.834 e. The highest BCUT2D eigenvalue weighted by molar-refractivity contribution is 6.07. The molecular formula is C18H19N2O2-. The van der Waals surface area contributed by atoms with E-state index in [1.807, 2.05) is 30.3 Å². The van der Waals surface area contributed by atoms with E-state index in [4.69, 9.17) is 0 Å². The number of Topliss-reactive ketones (excluding diaryl/α,β-unsaturated/α-hetero) is 1. The number of anilines is 1. The third-order valence-corrected chi connectivity index (χ3v) is 5.21. The van der Waals surface area contributed by atoms with E-state index < -0.39 is 12.1 Å². The summed E-state index contributed by atoms with van der Waals surface area (Å²) < 4.78 is 0. The number of carbonyl (C=O) groups is 1. The Hall–Kier alpha value is -1.94. The van der Waals surface area contributed by atoms with Crippen LogP contribution in [0.1, 0.15) is 19.8 Å². The zero-order chi connectivity index (χ0) is 15.3. The predicted octanol–water partition coefficient (Wildman–Crippen LogP) is 1.97. The van der Waals surface area contributed by atoms with Crippen LogP contribution < -0.4 is 10.1 Å². The maximum atomic E-state index is 12.9. The van der Waals surface area contributed by atoms with E-state index in [0.717, 1.165) is 18.5 Å². The van der Waals surface area contributed by atoms with E-state index in [1.165, 1.54) is 5.01 Å². The number of hydrazone groups is 1. The SMILES string of the molecule is CC1=NN(c2ccccc2)C([O-])C1C(=O)C1CC2C=CC1C2. The van der Waals surface area contributed by atoms with Crippen molar-refractivity contribution in [2.24, 2.45) is 28.8 Å². The first-order valence-corrected chi connectivity index (χ1v) is 7.92. The highest BCUT2D eigenvalue weighted by Gasteiger charge is 2.45. The second-order valence-electron chi connectivity index (χ2n) is 6.58. The molecule has 0 saturated heterocycles. The number of carbonyl (C=O) groups excluding carboxylic acids is 1. The molecule has 1 heterocycles. The average molecular weight is 295 g/mol. The summed E-state index contributed by atoms with van der Waals surface area (Å²) in [5.41, 5.74) is 1.41. The Morgan fingerprint density at radius 3 is 2.64 bits per heavy atom. The fourth-order valence-electron chi connectivity index (χ4n) is 4.11. The van der Waals surface area contributed by atoms with Gasteiger partial charge in [-0.2, -0.15) is 5.10 Å². The quantitative estimate of drug-likeness (QED) is 0.801. The van der Waals surface area contributed by atoms with Crippen LogP contribution in [0.3, 0.4) is 0 Å². The average Bonchev–Trinajstić information content (AvgIpc) is 3.22. The summed E-state index contributed by atoms with van der Waals surface area (Å²) in [4.78, 5) is 12.9. The number of nitrogens with zero attached hydrogens (tertiary/aromatic N) is 2. The summed E-state index contributed by atoms with van der Waals surface area (Å²) in [6.07, 6.45) is 5.22. The minimum atomic E-state index is -1.14. The molecule has 0 spiro atoms. The molecular weight excluding hydrogens is 276 g/mol. The number of hydrogen-bond acceptors (Lipinski definition) is 4. The van der Waals surface area contributed by atoms with Crippen molar-refractivity contribution in [2.45, 2.75) is 26.0 Å². The van der Waals surface area contributed by atoms with E-state index in [2.05, 4.69) is 17.3 Å². The number of allylic oxidation sites excluding steroid dienone is 2. The van der Waals surface area contributed by atoms with Gasteiger partial charge in [0.1, 0.15) is 5.78 Å². The zero-order valence-electron chi connectivity index (χ0n) is 12.6. The molecule has 5 unspecified atom stereocenters. The topological polar surface area (TPSA) is 55.7 Å². The summed E-state index contributed by atoms with van der Waals surface area (Å²) in [6, 6.07) is 9.37. The van der Waals surface area contributed by atoms with Crippen LogP contribution in [-0.2, 0) is 4.79 Å². The third kappa shape index (κ3) is 2.02. The van der Waals surface area contributed by atoms with Crippen molar-refractivity contribution in [3.63, 3.8) is 0 Å². The van der Waals surface area contributed by atoms with Crippen LogP contribution in [-0.4, -0.2) is 17.7 Å². The van der Waals surface area contributed by atoms with E-state index in [1.54, 1.807) is 6.92 Å². The molecule has 1 fully saturated rings. The lowest BCUT2D eigenvalue weighted by molar-refractivity contribution is -0.421. The molecule has 1 aliphatic heterocycles. The van der Waals surface area contributed by atoms with Crippen molar-refractivity contribution in [3.05, 3.63) is 42.5 Å². The van der Waals surface area contributed by atoms with E-state index in [0.29, 0.717) is 17.5 Å². The van der Waals surface area contributed by atoms with Gasteiger partial charge in [-0.1, -0.05) is 30.4 Å². The molecule has 5 atom stereocenters. The highest BCUT2D eigenvalue weighted by Crippen LogP contribution is 2.45. The first-order chi connectivity index (χ1) is 10.6. The van der Waals surface area contributed by atoms with Crippen LogP contribution in [0.25, 0.3) is 0 Å². The van der Waals surface area contributed by atoms with Crippen molar-refractivity contribution >= 4 is 17.2 Å². The van der Waals surface area contributed by atoms with Gasteiger partial charge in [-0.25, -0.2) is 0 Å². The molecule has 0 N–H and O–H groups in total. The fraction of sp³-hybridized carbons (Fsp3) is 0.444. The van der Waals surface area contributed by atoms with Crippen LogP contribution >= 0.6 is 0 Å². The van der Waals surface area contributed by atoms with Gasteiger partial charge in [-0.15, -0.1) is 0 Å². The van der Waals surface area contributed by atoms with E-state index in [9.17, 15) is 9.90 Å². The van der Waals surface area contributed by atoms with Gasteiger partial charge in [-0.05, 0) is 50.0 Å². The second kappa shape index (κ2) is 5.06. The number of ketones is 1. The summed E-state index contributed by atoms with van der Waals surface area (Å²) in [6.45, 7) is 1.81. The van der Waals surface area contributed by atoms with Crippen LogP contribution in [0.5, 0.6) is 0 Å². The van der Waals surface area contributed by atoms with Crippen molar-refractivity contribution < 1.29 is 9.90 Å². The molecule has 4 heteroatoms. The van der Waals surface area contributed by atoms with Gasteiger partial charge in [0, 0.05) is 11.6 Å². The number of hydrogen-bond donors (Lipinski definition) is 0. The zero-order valence-corrected chi connectivity index (χ0v) is 12.6. The Labute approximate surface area is 130 Å². The van der Waals surface area contributed by atoms with Crippen molar-refractivity contribution in [2.75, 3.05) is 5.01 Å². The highest BCUT2D eigenvalue weighted by atomic mass is 16.3.